The normalized spacial score (nSPS) is 17.8. The van der Waals surface area contributed by atoms with Crippen LogP contribution in [0, 0.1) is 0 Å². The van der Waals surface area contributed by atoms with E-state index in [1.807, 2.05) is 0 Å². The number of nitrogens with two attached hydrogens (primary N) is 1. The van der Waals surface area contributed by atoms with Gasteiger partial charge < -0.3 is 16.2 Å². The third-order valence-corrected chi connectivity index (χ3v) is 4.70. The molecule has 1 amide bonds. The molecule has 1 fully saturated rings. The van der Waals surface area contributed by atoms with Gasteiger partial charge in [-0.1, -0.05) is 25.7 Å². The zero-order valence-electron chi connectivity index (χ0n) is 11.7. The zero-order valence-corrected chi connectivity index (χ0v) is 13.3. The highest BCUT2D eigenvalue weighted by atomic mass is 79.9. The summed E-state index contributed by atoms with van der Waals surface area (Å²) in [5.41, 5.74) is 5.44. The minimum atomic E-state index is -1.16. The molecule has 2 rings (SSSR count). The van der Waals surface area contributed by atoms with E-state index in [2.05, 4.69) is 21.2 Å². The summed E-state index contributed by atoms with van der Waals surface area (Å²) in [5, 5.41) is 12.3. The maximum absolute atomic E-state index is 12.4. The molecule has 0 atom stereocenters. The minimum absolute atomic E-state index is 0.376. The van der Waals surface area contributed by atoms with Crippen molar-refractivity contribution in [3.8, 4) is 0 Å². The molecule has 21 heavy (non-hydrogen) atoms. The molecule has 0 bridgehead atoms. The van der Waals surface area contributed by atoms with E-state index in [1.54, 1.807) is 18.2 Å². The molecule has 1 aromatic rings. The molecule has 1 aromatic carbocycles. The highest BCUT2D eigenvalue weighted by Crippen LogP contribution is 2.28. The van der Waals surface area contributed by atoms with Gasteiger partial charge in [-0.15, -0.1) is 0 Å². The van der Waals surface area contributed by atoms with Crippen LogP contribution in [0.1, 0.15) is 48.9 Å². The van der Waals surface area contributed by atoms with Crippen LogP contribution in [-0.2, 0) is 4.79 Å². The van der Waals surface area contributed by atoms with Crippen molar-refractivity contribution in [3.05, 3.63) is 28.2 Å². The summed E-state index contributed by atoms with van der Waals surface area (Å²) in [5.74, 6) is -1.35. The fourth-order valence-electron chi connectivity index (χ4n) is 2.70. The van der Waals surface area contributed by atoms with Crippen molar-refractivity contribution >= 4 is 33.5 Å². The van der Waals surface area contributed by atoms with Crippen molar-refractivity contribution in [2.45, 2.75) is 44.1 Å². The van der Waals surface area contributed by atoms with Crippen LogP contribution in [-0.4, -0.2) is 22.5 Å². The lowest BCUT2D eigenvalue weighted by molar-refractivity contribution is -0.145. The molecule has 1 aliphatic carbocycles. The molecule has 1 saturated carbocycles. The highest BCUT2D eigenvalue weighted by Gasteiger charge is 2.40. The molecule has 1 aliphatic rings. The van der Waals surface area contributed by atoms with Crippen LogP contribution in [0.4, 0.5) is 5.69 Å². The topological polar surface area (TPSA) is 92.4 Å². The number of carboxylic acid groups (broad SMARTS) is 1. The lowest BCUT2D eigenvalue weighted by Crippen LogP contribution is -2.54. The van der Waals surface area contributed by atoms with Gasteiger partial charge in [0.2, 0.25) is 0 Å². The molecule has 0 unspecified atom stereocenters. The number of amides is 1. The zero-order chi connectivity index (χ0) is 15.5. The molecular weight excluding hydrogens is 336 g/mol. The molecule has 5 nitrogen and oxygen atoms in total. The number of hydrogen-bond acceptors (Lipinski definition) is 3. The van der Waals surface area contributed by atoms with Gasteiger partial charge in [-0.25, -0.2) is 4.79 Å². The Morgan fingerprint density at radius 3 is 2.33 bits per heavy atom. The number of carboxylic acids is 1. The largest absolute Gasteiger partial charge is 0.480 e. The molecule has 0 heterocycles. The summed E-state index contributed by atoms with van der Waals surface area (Å²) < 4.78 is 0.710. The van der Waals surface area contributed by atoms with Crippen LogP contribution >= 0.6 is 15.9 Å². The predicted octanol–water partition coefficient (Wildman–Crippen LogP) is 2.94. The van der Waals surface area contributed by atoms with Gasteiger partial charge >= 0.3 is 5.97 Å². The summed E-state index contributed by atoms with van der Waals surface area (Å²) in [6.07, 6.45) is 4.59. The van der Waals surface area contributed by atoms with Crippen LogP contribution < -0.4 is 11.1 Å². The SMILES string of the molecule is Nc1cc(C(=O)NC2(C(=O)O)CCCCCC2)ccc1Br. The monoisotopic (exact) mass is 354 g/mol. The summed E-state index contributed by atoms with van der Waals surface area (Å²) in [6.45, 7) is 0. The number of hydrogen-bond donors (Lipinski definition) is 3. The highest BCUT2D eigenvalue weighted by molar-refractivity contribution is 9.10. The van der Waals surface area contributed by atoms with E-state index in [-0.39, 0.29) is 0 Å². The third kappa shape index (κ3) is 3.56. The summed E-state index contributed by atoms with van der Waals surface area (Å²) in [4.78, 5) is 24.0. The van der Waals surface area contributed by atoms with Crippen LogP contribution in [0.25, 0.3) is 0 Å². The van der Waals surface area contributed by atoms with Crippen LogP contribution in [0.2, 0.25) is 0 Å². The van der Waals surface area contributed by atoms with Crippen LogP contribution in [0.5, 0.6) is 0 Å². The Morgan fingerprint density at radius 2 is 1.81 bits per heavy atom. The van der Waals surface area contributed by atoms with Crippen LogP contribution in [0.3, 0.4) is 0 Å². The molecule has 0 aliphatic heterocycles. The van der Waals surface area contributed by atoms with Gasteiger partial charge in [0, 0.05) is 15.7 Å². The number of nitrogens with one attached hydrogen (secondary N) is 1. The maximum atomic E-state index is 12.4. The Hall–Kier alpha value is -1.56. The van der Waals surface area contributed by atoms with Gasteiger partial charge in [0.1, 0.15) is 5.54 Å². The average Bonchev–Trinajstić information content (AvgIpc) is 2.68. The molecule has 0 aromatic heterocycles. The number of aliphatic carboxylic acids is 1. The lowest BCUT2D eigenvalue weighted by atomic mass is 9.90. The second kappa shape index (κ2) is 6.47. The van der Waals surface area contributed by atoms with E-state index in [1.165, 1.54) is 0 Å². The first kappa shape index (κ1) is 15.8. The van der Waals surface area contributed by atoms with Crippen molar-refractivity contribution in [2.75, 3.05) is 5.73 Å². The van der Waals surface area contributed by atoms with Crippen molar-refractivity contribution in [2.24, 2.45) is 0 Å². The Balaban J connectivity index is 2.21. The van der Waals surface area contributed by atoms with Gasteiger partial charge in [0.05, 0.1) is 0 Å². The van der Waals surface area contributed by atoms with E-state index >= 15 is 0 Å². The fourth-order valence-corrected chi connectivity index (χ4v) is 2.95. The van der Waals surface area contributed by atoms with E-state index in [0.717, 1.165) is 25.7 Å². The number of benzene rings is 1. The lowest BCUT2D eigenvalue weighted by Gasteiger charge is -2.29. The molecular formula is C15H19BrN2O3. The van der Waals surface area contributed by atoms with Gasteiger partial charge in [-0.05, 0) is 47.0 Å². The van der Waals surface area contributed by atoms with Gasteiger partial charge in [-0.3, -0.25) is 4.79 Å². The van der Waals surface area contributed by atoms with Crippen LogP contribution in [0.15, 0.2) is 22.7 Å². The first-order valence-electron chi connectivity index (χ1n) is 7.05. The second-order valence-corrected chi connectivity index (χ2v) is 6.35. The first-order chi connectivity index (χ1) is 9.94. The summed E-state index contributed by atoms with van der Waals surface area (Å²) >= 11 is 3.27. The number of anilines is 1. The van der Waals surface area contributed by atoms with Crippen molar-refractivity contribution in [1.29, 1.82) is 0 Å². The van der Waals surface area contributed by atoms with E-state index < -0.39 is 17.4 Å². The van der Waals surface area contributed by atoms with Crippen molar-refractivity contribution in [3.63, 3.8) is 0 Å². The molecule has 0 saturated heterocycles. The number of rotatable bonds is 3. The smallest absolute Gasteiger partial charge is 0.329 e. The van der Waals surface area contributed by atoms with Crippen molar-refractivity contribution < 1.29 is 14.7 Å². The minimum Gasteiger partial charge on any atom is -0.480 e. The molecule has 114 valence electrons. The molecule has 4 N–H and O–H groups in total. The number of carbonyl (C=O) groups is 2. The number of nitrogen functional groups attached to an aromatic ring is 1. The van der Waals surface area contributed by atoms with Gasteiger partial charge in [-0.2, -0.15) is 0 Å². The van der Waals surface area contributed by atoms with E-state index in [0.29, 0.717) is 28.6 Å². The Bertz CT molecular complexity index is 552. The molecule has 0 spiro atoms. The van der Waals surface area contributed by atoms with E-state index in [4.69, 9.17) is 5.73 Å². The van der Waals surface area contributed by atoms with Gasteiger partial charge in [0.25, 0.3) is 5.91 Å². The summed E-state index contributed by atoms with van der Waals surface area (Å²) in [6, 6.07) is 4.86. The molecule has 6 heteroatoms. The average molecular weight is 355 g/mol. The predicted molar refractivity (Wildman–Crippen MR) is 84.1 cm³/mol. The first-order valence-corrected chi connectivity index (χ1v) is 7.85. The third-order valence-electron chi connectivity index (χ3n) is 3.98. The van der Waals surface area contributed by atoms with Gasteiger partial charge in [0.15, 0.2) is 0 Å². The van der Waals surface area contributed by atoms with Crippen molar-refractivity contribution in [1.82, 2.24) is 5.32 Å². The summed E-state index contributed by atoms with van der Waals surface area (Å²) in [7, 11) is 0. The number of halogens is 1. The number of carbonyl (C=O) groups excluding carboxylic acids is 1. The maximum Gasteiger partial charge on any atom is 0.329 e. The second-order valence-electron chi connectivity index (χ2n) is 5.49. The Kier molecular flexibility index (Phi) is 4.88. The molecule has 0 radical (unpaired) electrons. The quantitative estimate of drug-likeness (QED) is 0.574. The fraction of sp³-hybridized carbons (Fsp3) is 0.467. The standard InChI is InChI=1S/C15H19BrN2O3/c16-11-6-5-10(9-12(11)17)13(19)18-15(14(20)21)7-3-1-2-4-8-15/h5-6,9H,1-4,7-8,17H2,(H,18,19)(H,20,21). The Labute approximate surface area is 132 Å². The van der Waals surface area contributed by atoms with E-state index in [9.17, 15) is 14.7 Å². The Morgan fingerprint density at radius 1 is 1.19 bits per heavy atom.